The van der Waals surface area contributed by atoms with E-state index in [2.05, 4.69) is 11.8 Å². The molecule has 2 aromatic carbocycles. The maximum absolute atomic E-state index is 13.3. The minimum absolute atomic E-state index is 0.0315. The van der Waals surface area contributed by atoms with Crippen LogP contribution < -0.4 is 9.64 Å². The van der Waals surface area contributed by atoms with E-state index in [1.54, 1.807) is 7.11 Å². The van der Waals surface area contributed by atoms with E-state index in [9.17, 15) is 4.79 Å². The first-order chi connectivity index (χ1) is 13.6. The Bertz CT molecular complexity index is 770. The monoisotopic (exact) mass is 382 g/mol. The van der Waals surface area contributed by atoms with Gasteiger partial charge in [-0.05, 0) is 61.7 Å². The maximum atomic E-state index is 13.3. The largest absolute Gasteiger partial charge is 0.497 e. The highest BCUT2D eigenvalue weighted by atomic mass is 16.5. The Morgan fingerprint density at radius 2 is 2.00 bits per heavy atom. The van der Waals surface area contributed by atoms with Crippen molar-refractivity contribution in [3.05, 3.63) is 59.7 Å². The summed E-state index contributed by atoms with van der Waals surface area (Å²) < 4.78 is 11.1. The zero-order valence-electron chi connectivity index (χ0n) is 17.1. The van der Waals surface area contributed by atoms with E-state index in [1.165, 1.54) is 0 Å². The molecule has 1 atom stereocenters. The minimum Gasteiger partial charge on any atom is -0.497 e. The Balaban J connectivity index is 1.79. The second-order valence-corrected chi connectivity index (χ2v) is 7.23. The molecule has 1 heterocycles. The minimum atomic E-state index is 0.0315. The number of carbonyl (C=O) groups excluding carboxylic acids is 1. The van der Waals surface area contributed by atoms with Gasteiger partial charge < -0.3 is 19.3 Å². The number of hydrogen-bond donors (Lipinski definition) is 0. The first kappa shape index (κ1) is 20.2. The van der Waals surface area contributed by atoms with Crippen molar-refractivity contribution >= 4 is 11.6 Å². The molecule has 0 N–H and O–H groups in total. The second kappa shape index (κ2) is 9.60. The van der Waals surface area contributed by atoms with Crippen molar-refractivity contribution in [2.75, 3.05) is 38.8 Å². The van der Waals surface area contributed by atoms with Crippen LogP contribution in [-0.4, -0.2) is 50.8 Å². The van der Waals surface area contributed by atoms with Gasteiger partial charge in [-0.3, -0.25) is 4.79 Å². The molecule has 28 heavy (non-hydrogen) atoms. The third kappa shape index (κ3) is 5.04. The topological polar surface area (TPSA) is 42.0 Å². The average molecular weight is 383 g/mol. The average Bonchev–Trinajstić information content (AvgIpc) is 3.25. The molecule has 5 heteroatoms. The van der Waals surface area contributed by atoms with Crippen LogP contribution in [0.1, 0.15) is 35.7 Å². The molecule has 0 aromatic heterocycles. The van der Waals surface area contributed by atoms with E-state index in [0.29, 0.717) is 18.7 Å². The molecule has 1 amide bonds. The highest BCUT2D eigenvalue weighted by Crippen LogP contribution is 2.21. The highest BCUT2D eigenvalue weighted by Gasteiger charge is 2.24. The van der Waals surface area contributed by atoms with Crippen LogP contribution in [-0.2, 0) is 11.3 Å². The number of benzene rings is 2. The molecule has 0 spiro atoms. The third-order valence-electron chi connectivity index (χ3n) is 5.27. The fourth-order valence-electron chi connectivity index (χ4n) is 3.47. The summed E-state index contributed by atoms with van der Waals surface area (Å²) >= 11 is 0. The lowest BCUT2D eigenvalue weighted by Crippen LogP contribution is -2.37. The predicted molar refractivity (Wildman–Crippen MR) is 112 cm³/mol. The van der Waals surface area contributed by atoms with Crippen molar-refractivity contribution in [1.82, 2.24) is 4.90 Å². The molecule has 0 aliphatic carbocycles. The third-order valence-corrected chi connectivity index (χ3v) is 5.27. The maximum Gasteiger partial charge on any atom is 0.254 e. The van der Waals surface area contributed by atoms with Gasteiger partial charge in [0, 0.05) is 44.5 Å². The summed E-state index contributed by atoms with van der Waals surface area (Å²) in [6.07, 6.45) is 2.17. The Hall–Kier alpha value is -2.53. The molecule has 1 aliphatic rings. The van der Waals surface area contributed by atoms with Gasteiger partial charge in [0.25, 0.3) is 5.91 Å². The molecule has 3 rings (SSSR count). The molecular formula is C23H30N2O3. The van der Waals surface area contributed by atoms with E-state index >= 15 is 0 Å². The summed E-state index contributed by atoms with van der Waals surface area (Å²) in [7, 11) is 3.70. The molecule has 2 aromatic rings. The molecule has 0 radical (unpaired) electrons. The smallest absolute Gasteiger partial charge is 0.254 e. The number of anilines is 1. The van der Waals surface area contributed by atoms with Crippen LogP contribution in [0.25, 0.3) is 0 Å². The highest BCUT2D eigenvalue weighted by molar-refractivity contribution is 5.94. The van der Waals surface area contributed by atoms with E-state index in [-0.39, 0.29) is 12.0 Å². The van der Waals surface area contributed by atoms with E-state index in [1.807, 2.05) is 60.5 Å². The number of rotatable bonds is 8. The summed E-state index contributed by atoms with van der Waals surface area (Å²) in [6.45, 7) is 4.95. The molecule has 0 bridgehead atoms. The standard InChI is InChI=1S/C23H30N2O3/c1-4-24(2)20-12-10-19(11-13-20)23(26)25(17-22-9-6-14-28-22)16-18-7-5-8-21(15-18)27-3/h5,7-8,10-13,15,22H,4,6,9,14,16-17H2,1-3H3. The fraction of sp³-hybridized carbons (Fsp3) is 0.435. The van der Waals surface area contributed by atoms with Gasteiger partial charge >= 0.3 is 0 Å². The molecule has 5 nitrogen and oxygen atoms in total. The zero-order chi connectivity index (χ0) is 19.9. The number of carbonyl (C=O) groups is 1. The van der Waals surface area contributed by atoms with Gasteiger partial charge in [-0.2, -0.15) is 0 Å². The van der Waals surface area contributed by atoms with Crippen LogP contribution in [0.2, 0.25) is 0 Å². The van der Waals surface area contributed by atoms with Gasteiger partial charge in [-0.25, -0.2) is 0 Å². The Kier molecular flexibility index (Phi) is 6.93. The van der Waals surface area contributed by atoms with Gasteiger partial charge in [0.05, 0.1) is 13.2 Å². The summed E-state index contributed by atoms with van der Waals surface area (Å²) in [5.74, 6) is 0.831. The van der Waals surface area contributed by atoms with Gasteiger partial charge in [0.1, 0.15) is 5.75 Å². The van der Waals surface area contributed by atoms with Gasteiger partial charge in [0.15, 0.2) is 0 Å². The lowest BCUT2D eigenvalue weighted by Gasteiger charge is -2.26. The second-order valence-electron chi connectivity index (χ2n) is 7.23. The Morgan fingerprint density at radius 1 is 1.21 bits per heavy atom. The van der Waals surface area contributed by atoms with E-state index in [4.69, 9.17) is 9.47 Å². The summed E-state index contributed by atoms with van der Waals surface area (Å²) in [6, 6.07) is 15.7. The van der Waals surface area contributed by atoms with Crippen LogP contribution in [0, 0.1) is 0 Å². The normalized spacial score (nSPS) is 16.0. The van der Waals surface area contributed by atoms with Crippen molar-refractivity contribution in [3.63, 3.8) is 0 Å². The fourth-order valence-corrected chi connectivity index (χ4v) is 3.47. The van der Waals surface area contributed by atoms with E-state index in [0.717, 1.165) is 43.0 Å². The molecule has 0 saturated carbocycles. The van der Waals surface area contributed by atoms with Crippen LogP contribution in [0.3, 0.4) is 0 Å². The predicted octanol–water partition coefficient (Wildman–Crippen LogP) is 3.97. The van der Waals surface area contributed by atoms with E-state index < -0.39 is 0 Å². The lowest BCUT2D eigenvalue weighted by molar-refractivity contribution is 0.0507. The number of hydrogen-bond acceptors (Lipinski definition) is 4. The molecule has 1 aliphatic heterocycles. The molecule has 1 unspecified atom stereocenters. The summed E-state index contributed by atoms with van der Waals surface area (Å²) in [5.41, 5.74) is 2.86. The number of amides is 1. The molecular weight excluding hydrogens is 352 g/mol. The van der Waals surface area contributed by atoms with Crippen molar-refractivity contribution in [1.29, 1.82) is 0 Å². The van der Waals surface area contributed by atoms with Crippen LogP contribution in [0.15, 0.2) is 48.5 Å². The van der Waals surface area contributed by atoms with Gasteiger partial charge in [-0.15, -0.1) is 0 Å². The summed E-state index contributed by atoms with van der Waals surface area (Å²) in [5, 5.41) is 0. The molecule has 150 valence electrons. The Labute approximate surface area is 167 Å². The Morgan fingerprint density at radius 3 is 2.64 bits per heavy atom. The number of ether oxygens (including phenoxy) is 2. The zero-order valence-corrected chi connectivity index (χ0v) is 17.1. The van der Waals surface area contributed by atoms with Gasteiger partial charge in [0.2, 0.25) is 0 Å². The van der Waals surface area contributed by atoms with Crippen LogP contribution >= 0.6 is 0 Å². The van der Waals surface area contributed by atoms with Crippen LogP contribution in [0.4, 0.5) is 5.69 Å². The van der Waals surface area contributed by atoms with Crippen molar-refractivity contribution in [3.8, 4) is 5.75 Å². The number of methoxy groups -OCH3 is 1. The number of nitrogens with zero attached hydrogens (tertiary/aromatic N) is 2. The molecule has 1 fully saturated rings. The first-order valence-corrected chi connectivity index (χ1v) is 9.95. The quantitative estimate of drug-likeness (QED) is 0.693. The van der Waals surface area contributed by atoms with Gasteiger partial charge in [-0.1, -0.05) is 12.1 Å². The van der Waals surface area contributed by atoms with Crippen molar-refractivity contribution < 1.29 is 14.3 Å². The summed E-state index contributed by atoms with van der Waals surface area (Å²) in [4.78, 5) is 17.3. The molecule has 1 saturated heterocycles. The lowest BCUT2D eigenvalue weighted by atomic mass is 10.1. The SMILES string of the molecule is CCN(C)c1ccc(C(=O)N(Cc2cccc(OC)c2)CC2CCCO2)cc1. The van der Waals surface area contributed by atoms with Crippen molar-refractivity contribution in [2.24, 2.45) is 0 Å². The van der Waals surface area contributed by atoms with Crippen LogP contribution in [0.5, 0.6) is 5.75 Å². The van der Waals surface area contributed by atoms with Crippen molar-refractivity contribution in [2.45, 2.75) is 32.4 Å². The first-order valence-electron chi connectivity index (χ1n) is 9.95.